The molecule has 0 aromatic rings. The van der Waals surface area contributed by atoms with Crippen LogP contribution in [0.25, 0.3) is 0 Å². The van der Waals surface area contributed by atoms with Gasteiger partial charge in [0.15, 0.2) is 0 Å². The van der Waals surface area contributed by atoms with Crippen molar-refractivity contribution in [2.45, 2.75) is 25.4 Å². The Morgan fingerprint density at radius 3 is 2.83 bits per heavy atom. The van der Waals surface area contributed by atoms with Crippen molar-refractivity contribution in [1.82, 2.24) is 10.2 Å². The van der Waals surface area contributed by atoms with Gasteiger partial charge in [0, 0.05) is 39.9 Å². The van der Waals surface area contributed by atoms with Gasteiger partial charge in [0.05, 0.1) is 19.1 Å². The highest BCUT2D eigenvalue weighted by Gasteiger charge is 2.25. The maximum Gasteiger partial charge on any atom is 0.225 e. The molecule has 2 heterocycles. The highest BCUT2D eigenvalue weighted by atomic mass is 16.5. The van der Waals surface area contributed by atoms with Gasteiger partial charge in [-0.15, -0.1) is 0 Å². The molecule has 0 radical (unpaired) electrons. The third kappa shape index (κ3) is 3.93. The highest BCUT2D eigenvalue weighted by molar-refractivity contribution is 5.76. The molecule has 0 spiro atoms. The predicted octanol–water partition coefficient (Wildman–Crippen LogP) is 0.250. The average molecular weight is 256 g/mol. The Balaban J connectivity index is 1.70. The molecular formula is C13H24N2O3. The zero-order valence-electron chi connectivity index (χ0n) is 11.2. The summed E-state index contributed by atoms with van der Waals surface area (Å²) >= 11 is 0. The number of likely N-dealkylation sites (tertiary alicyclic amines) is 1. The third-order valence-electron chi connectivity index (χ3n) is 3.78. The van der Waals surface area contributed by atoms with Crippen LogP contribution in [0.3, 0.4) is 0 Å². The molecule has 5 nitrogen and oxygen atoms in total. The molecule has 0 aromatic carbocycles. The summed E-state index contributed by atoms with van der Waals surface area (Å²) < 4.78 is 10.7. The number of hydrogen-bond acceptors (Lipinski definition) is 4. The maximum atomic E-state index is 12.1. The molecule has 2 aliphatic rings. The first-order chi connectivity index (χ1) is 8.79. The number of methoxy groups -OCH3 is 1. The van der Waals surface area contributed by atoms with Gasteiger partial charge in [-0.05, 0) is 18.8 Å². The van der Waals surface area contributed by atoms with Crippen LogP contribution in [0.2, 0.25) is 0 Å². The van der Waals surface area contributed by atoms with Crippen molar-refractivity contribution in [2.24, 2.45) is 5.92 Å². The molecule has 5 heteroatoms. The van der Waals surface area contributed by atoms with Crippen molar-refractivity contribution >= 4 is 5.91 Å². The van der Waals surface area contributed by atoms with Gasteiger partial charge in [-0.2, -0.15) is 0 Å². The standard InChI is InChI=1S/C13H24N2O3/c1-17-10-11-2-5-15(6-3-11)13(16)8-12-9-14-4-7-18-12/h11-12,14H,2-10H2,1H3/t12-/m0/s1. The SMILES string of the molecule is COCC1CCN(C(=O)C[C@H]2CNCCO2)CC1. The lowest BCUT2D eigenvalue weighted by atomic mass is 9.97. The van der Waals surface area contributed by atoms with E-state index in [-0.39, 0.29) is 12.0 Å². The molecule has 2 fully saturated rings. The Morgan fingerprint density at radius 2 is 2.22 bits per heavy atom. The zero-order valence-corrected chi connectivity index (χ0v) is 11.2. The first kappa shape index (κ1) is 13.8. The summed E-state index contributed by atoms with van der Waals surface area (Å²) in [5.41, 5.74) is 0. The minimum Gasteiger partial charge on any atom is -0.384 e. The molecule has 1 N–H and O–H groups in total. The number of nitrogens with zero attached hydrogens (tertiary/aromatic N) is 1. The van der Waals surface area contributed by atoms with Crippen LogP contribution >= 0.6 is 0 Å². The molecule has 0 saturated carbocycles. The van der Waals surface area contributed by atoms with Gasteiger partial charge in [-0.3, -0.25) is 4.79 Å². The Hall–Kier alpha value is -0.650. The number of morpholine rings is 1. The number of carbonyl (C=O) groups excluding carboxylic acids is 1. The summed E-state index contributed by atoms with van der Waals surface area (Å²) in [7, 11) is 1.74. The largest absolute Gasteiger partial charge is 0.384 e. The second-order valence-electron chi connectivity index (χ2n) is 5.18. The summed E-state index contributed by atoms with van der Waals surface area (Å²) in [4.78, 5) is 14.1. The van der Waals surface area contributed by atoms with E-state index in [1.165, 1.54) is 0 Å². The normalized spacial score (nSPS) is 26.3. The molecule has 0 aliphatic carbocycles. The summed E-state index contributed by atoms with van der Waals surface area (Å²) in [6.07, 6.45) is 2.69. The molecule has 2 aliphatic heterocycles. The minimum absolute atomic E-state index is 0.0583. The Labute approximate surface area is 109 Å². The lowest BCUT2D eigenvalue weighted by Crippen LogP contribution is -2.44. The van der Waals surface area contributed by atoms with Gasteiger partial charge in [0.2, 0.25) is 5.91 Å². The molecule has 1 amide bonds. The van der Waals surface area contributed by atoms with E-state index in [0.29, 0.717) is 18.9 Å². The van der Waals surface area contributed by atoms with Gasteiger partial charge >= 0.3 is 0 Å². The number of hydrogen-bond donors (Lipinski definition) is 1. The van der Waals surface area contributed by atoms with Crippen LogP contribution in [-0.2, 0) is 14.3 Å². The van der Waals surface area contributed by atoms with Crippen molar-refractivity contribution in [3.63, 3.8) is 0 Å². The first-order valence-electron chi connectivity index (χ1n) is 6.88. The lowest BCUT2D eigenvalue weighted by molar-refractivity contribution is -0.136. The number of piperidine rings is 1. The van der Waals surface area contributed by atoms with Gasteiger partial charge in [0.1, 0.15) is 0 Å². The fourth-order valence-electron chi connectivity index (χ4n) is 2.66. The van der Waals surface area contributed by atoms with Crippen molar-refractivity contribution < 1.29 is 14.3 Å². The van der Waals surface area contributed by atoms with E-state index in [4.69, 9.17) is 9.47 Å². The van der Waals surface area contributed by atoms with Gasteiger partial charge in [-0.25, -0.2) is 0 Å². The quantitative estimate of drug-likeness (QED) is 0.783. The summed E-state index contributed by atoms with van der Waals surface area (Å²) in [5.74, 6) is 0.853. The second-order valence-corrected chi connectivity index (χ2v) is 5.18. The number of nitrogens with one attached hydrogen (secondary N) is 1. The molecule has 1 atom stereocenters. The van der Waals surface area contributed by atoms with Crippen LogP contribution in [-0.4, -0.2) is 63.4 Å². The molecule has 0 unspecified atom stereocenters. The second kappa shape index (κ2) is 7.07. The third-order valence-corrected chi connectivity index (χ3v) is 3.78. The van der Waals surface area contributed by atoms with E-state index in [2.05, 4.69) is 5.32 Å². The summed E-state index contributed by atoms with van der Waals surface area (Å²) in [5, 5.41) is 3.25. The smallest absolute Gasteiger partial charge is 0.225 e. The topological polar surface area (TPSA) is 50.8 Å². The van der Waals surface area contributed by atoms with E-state index in [0.717, 1.165) is 45.6 Å². The summed E-state index contributed by atoms with van der Waals surface area (Å²) in [6, 6.07) is 0. The van der Waals surface area contributed by atoms with E-state index in [1.54, 1.807) is 7.11 Å². The van der Waals surface area contributed by atoms with Crippen LogP contribution < -0.4 is 5.32 Å². The van der Waals surface area contributed by atoms with E-state index in [9.17, 15) is 4.79 Å². The maximum absolute atomic E-state index is 12.1. The molecule has 18 heavy (non-hydrogen) atoms. The monoisotopic (exact) mass is 256 g/mol. The lowest BCUT2D eigenvalue weighted by Gasteiger charge is -2.33. The number of amides is 1. The Kier molecular flexibility index (Phi) is 5.41. The van der Waals surface area contributed by atoms with Gasteiger partial charge in [-0.1, -0.05) is 0 Å². The van der Waals surface area contributed by atoms with Crippen LogP contribution in [0.5, 0.6) is 0 Å². The number of ether oxygens (including phenoxy) is 2. The van der Waals surface area contributed by atoms with Crippen LogP contribution in [0.4, 0.5) is 0 Å². The number of rotatable bonds is 4. The van der Waals surface area contributed by atoms with Crippen molar-refractivity contribution in [3.05, 3.63) is 0 Å². The summed E-state index contributed by atoms with van der Waals surface area (Å²) in [6.45, 7) is 4.96. The zero-order chi connectivity index (χ0) is 12.8. The van der Waals surface area contributed by atoms with Gasteiger partial charge < -0.3 is 19.7 Å². The molecule has 2 saturated heterocycles. The van der Waals surface area contributed by atoms with Gasteiger partial charge in [0.25, 0.3) is 0 Å². The van der Waals surface area contributed by atoms with E-state index < -0.39 is 0 Å². The van der Waals surface area contributed by atoms with E-state index in [1.807, 2.05) is 4.90 Å². The minimum atomic E-state index is 0.0583. The van der Waals surface area contributed by atoms with Crippen molar-refractivity contribution in [3.8, 4) is 0 Å². The van der Waals surface area contributed by atoms with Crippen LogP contribution in [0, 0.1) is 5.92 Å². The molecular weight excluding hydrogens is 232 g/mol. The van der Waals surface area contributed by atoms with Crippen LogP contribution in [0.1, 0.15) is 19.3 Å². The number of carbonyl (C=O) groups is 1. The molecule has 104 valence electrons. The first-order valence-corrected chi connectivity index (χ1v) is 6.88. The average Bonchev–Trinajstić information content (AvgIpc) is 2.41. The Bertz CT molecular complexity index is 259. The highest BCUT2D eigenvalue weighted by Crippen LogP contribution is 2.18. The van der Waals surface area contributed by atoms with E-state index >= 15 is 0 Å². The molecule has 0 bridgehead atoms. The fourth-order valence-corrected chi connectivity index (χ4v) is 2.66. The predicted molar refractivity (Wildman–Crippen MR) is 68.4 cm³/mol. The van der Waals surface area contributed by atoms with Crippen molar-refractivity contribution in [1.29, 1.82) is 0 Å². The van der Waals surface area contributed by atoms with Crippen LogP contribution in [0.15, 0.2) is 0 Å². The fraction of sp³-hybridized carbons (Fsp3) is 0.923. The Morgan fingerprint density at radius 1 is 1.44 bits per heavy atom. The molecule has 2 rings (SSSR count). The molecule has 0 aromatic heterocycles. The van der Waals surface area contributed by atoms with Crippen molar-refractivity contribution in [2.75, 3.05) is 46.5 Å².